The van der Waals surface area contributed by atoms with E-state index in [2.05, 4.69) is 49.0 Å². The molecule has 0 aliphatic heterocycles. The Morgan fingerprint density at radius 1 is 1.30 bits per heavy atom. The molecule has 0 amide bonds. The van der Waals surface area contributed by atoms with Crippen molar-refractivity contribution in [3.63, 3.8) is 0 Å². The van der Waals surface area contributed by atoms with E-state index in [0.29, 0.717) is 6.04 Å². The summed E-state index contributed by atoms with van der Waals surface area (Å²) in [5.41, 5.74) is 1.32. The van der Waals surface area contributed by atoms with Crippen LogP contribution in [0.25, 0.3) is 0 Å². The van der Waals surface area contributed by atoms with Crippen molar-refractivity contribution >= 4 is 11.8 Å². The van der Waals surface area contributed by atoms with E-state index in [0.717, 1.165) is 38.4 Å². The molecule has 114 valence electrons. The van der Waals surface area contributed by atoms with Gasteiger partial charge in [0.25, 0.3) is 0 Å². The van der Waals surface area contributed by atoms with E-state index in [1.54, 1.807) is 0 Å². The van der Waals surface area contributed by atoms with Crippen LogP contribution in [-0.4, -0.2) is 41.8 Å². The van der Waals surface area contributed by atoms with Crippen LogP contribution >= 0.6 is 11.8 Å². The molecule has 1 N–H and O–H groups in total. The summed E-state index contributed by atoms with van der Waals surface area (Å²) in [6.45, 7) is 13.3. The third-order valence-corrected chi connectivity index (χ3v) is 4.51. The number of pyridine rings is 1. The lowest BCUT2D eigenvalue weighted by molar-refractivity contribution is 0.324. The van der Waals surface area contributed by atoms with Crippen molar-refractivity contribution in [3.8, 4) is 0 Å². The fourth-order valence-electron chi connectivity index (χ4n) is 2.14. The standard InChI is InChI=1S/C16H29N3S/c1-5-10-17-14(4)15-9-8-11-18-16(15)20-13-12-19(6-2)7-3/h8-9,11,14,17H,5-7,10,12-13H2,1-4H3. The average molecular weight is 295 g/mol. The molecule has 0 radical (unpaired) electrons. The molecule has 1 unspecified atom stereocenters. The van der Waals surface area contributed by atoms with Gasteiger partial charge in [0, 0.05) is 30.1 Å². The number of rotatable bonds is 10. The predicted molar refractivity (Wildman–Crippen MR) is 89.5 cm³/mol. The lowest BCUT2D eigenvalue weighted by Crippen LogP contribution is -2.25. The van der Waals surface area contributed by atoms with Gasteiger partial charge >= 0.3 is 0 Å². The Bertz CT molecular complexity index is 366. The van der Waals surface area contributed by atoms with Gasteiger partial charge < -0.3 is 10.2 Å². The van der Waals surface area contributed by atoms with E-state index >= 15 is 0 Å². The third kappa shape index (κ3) is 5.81. The highest BCUT2D eigenvalue weighted by Gasteiger charge is 2.11. The zero-order chi connectivity index (χ0) is 14.8. The highest BCUT2D eigenvalue weighted by molar-refractivity contribution is 7.99. The molecule has 1 atom stereocenters. The second-order valence-corrected chi connectivity index (χ2v) is 6.03. The van der Waals surface area contributed by atoms with Crippen LogP contribution in [0.15, 0.2) is 23.4 Å². The van der Waals surface area contributed by atoms with Gasteiger partial charge in [-0.25, -0.2) is 4.98 Å². The Balaban J connectivity index is 2.56. The van der Waals surface area contributed by atoms with E-state index < -0.39 is 0 Å². The highest BCUT2D eigenvalue weighted by Crippen LogP contribution is 2.25. The Kier molecular flexibility index (Phi) is 8.90. The van der Waals surface area contributed by atoms with Gasteiger partial charge in [0.2, 0.25) is 0 Å². The number of thioether (sulfide) groups is 1. The predicted octanol–water partition coefficient (Wildman–Crippen LogP) is 3.58. The number of hydrogen-bond acceptors (Lipinski definition) is 4. The number of aromatic nitrogens is 1. The van der Waals surface area contributed by atoms with Crippen molar-refractivity contribution in [1.29, 1.82) is 0 Å². The van der Waals surface area contributed by atoms with Crippen molar-refractivity contribution < 1.29 is 0 Å². The second kappa shape index (κ2) is 10.2. The van der Waals surface area contributed by atoms with Crippen molar-refractivity contribution in [2.45, 2.75) is 45.2 Å². The average Bonchev–Trinajstić information content (AvgIpc) is 2.49. The molecule has 1 aromatic heterocycles. The van der Waals surface area contributed by atoms with E-state index in [1.165, 1.54) is 10.6 Å². The van der Waals surface area contributed by atoms with E-state index in [-0.39, 0.29) is 0 Å². The van der Waals surface area contributed by atoms with Crippen molar-refractivity contribution in [2.75, 3.05) is 31.9 Å². The summed E-state index contributed by atoms with van der Waals surface area (Å²) in [7, 11) is 0. The molecule has 3 nitrogen and oxygen atoms in total. The first kappa shape index (κ1) is 17.5. The molecule has 4 heteroatoms. The Morgan fingerprint density at radius 2 is 2.05 bits per heavy atom. The first-order chi connectivity index (χ1) is 9.72. The van der Waals surface area contributed by atoms with Crippen LogP contribution in [0.2, 0.25) is 0 Å². The van der Waals surface area contributed by atoms with Crippen LogP contribution in [0.5, 0.6) is 0 Å². The third-order valence-electron chi connectivity index (χ3n) is 3.51. The summed E-state index contributed by atoms with van der Waals surface area (Å²) < 4.78 is 0. The van der Waals surface area contributed by atoms with E-state index in [9.17, 15) is 0 Å². The molecule has 0 aliphatic rings. The number of hydrogen-bond donors (Lipinski definition) is 1. The molecule has 1 aromatic rings. The van der Waals surface area contributed by atoms with E-state index in [4.69, 9.17) is 0 Å². The van der Waals surface area contributed by atoms with Crippen LogP contribution in [0.1, 0.15) is 45.7 Å². The van der Waals surface area contributed by atoms with Gasteiger partial charge in [0.15, 0.2) is 0 Å². The zero-order valence-corrected chi connectivity index (χ0v) is 14.2. The van der Waals surface area contributed by atoms with Crippen LogP contribution in [0, 0.1) is 0 Å². The molecule has 0 aromatic carbocycles. The highest BCUT2D eigenvalue weighted by atomic mass is 32.2. The number of nitrogens with one attached hydrogen (secondary N) is 1. The fraction of sp³-hybridized carbons (Fsp3) is 0.688. The molecular weight excluding hydrogens is 266 g/mol. The van der Waals surface area contributed by atoms with Crippen LogP contribution in [-0.2, 0) is 0 Å². The fourth-order valence-corrected chi connectivity index (χ4v) is 3.23. The van der Waals surface area contributed by atoms with Crippen molar-refractivity contribution in [3.05, 3.63) is 23.9 Å². The van der Waals surface area contributed by atoms with E-state index in [1.807, 2.05) is 24.0 Å². The lowest BCUT2D eigenvalue weighted by atomic mass is 10.1. The molecule has 0 saturated heterocycles. The van der Waals surface area contributed by atoms with Crippen LogP contribution in [0.4, 0.5) is 0 Å². The smallest absolute Gasteiger partial charge is 0.101 e. The van der Waals surface area contributed by atoms with Crippen molar-refractivity contribution in [2.24, 2.45) is 0 Å². The Labute approximate surface area is 128 Å². The monoisotopic (exact) mass is 295 g/mol. The summed E-state index contributed by atoms with van der Waals surface area (Å²) in [4.78, 5) is 7.01. The zero-order valence-electron chi connectivity index (χ0n) is 13.4. The quantitative estimate of drug-likeness (QED) is 0.668. The molecule has 20 heavy (non-hydrogen) atoms. The molecule has 0 bridgehead atoms. The maximum atomic E-state index is 4.56. The van der Waals surface area contributed by atoms with Gasteiger partial charge in [-0.05, 0) is 39.0 Å². The van der Waals surface area contributed by atoms with Gasteiger partial charge in [-0.2, -0.15) is 0 Å². The molecule has 0 aliphatic carbocycles. The molecule has 0 spiro atoms. The lowest BCUT2D eigenvalue weighted by Gasteiger charge is -2.19. The summed E-state index contributed by atoms with van der Waals surface area (Å²) in [6.07, 6.45) is 3.06. The Hall–Kier alpha value is -0.580. The maximum absolute atomic E-state index is 4.56. The van der Waals surface area contributed by atoms with Crippen LogP contribution in [0.3, 0.4) is 0 Å². The van der Waals surface area contributed by atoms with Gasteiger partial charge in [0.05, 0.1) is 0 Å². The summed E-state index contributed by atoms with van der Waals surface area (Å²) in [6, 6.07) is 4.60. The topological polar surface area (TPSA) is 28.2 Å². The molecule has 1 heterocycles. The minimum absolute atomic E-state index is 0.375. The summed E-state index contributed by atoms with van der Waals surface area (Å²) in [5.74, 6) is 1.10. The maximum Gasteiger partial charge on any atom is 0.101 e. The Morgan fingerprint density at radius 3 is 2.70 bits per heavy atom. The summed E-state index contributed by atoms with van der Waals surface area (Å²) >= 11 is 1.88. The van der Waals surface area contributed by atoms with Crippen LogP contribution < -0.4 is 5.32 Å². The normalized spacial score (nSPS) is 12.8. The summed E-state index contributed by atoms with van der Waals surface area (Å²) in [5, 5.41) is 4.72. The minimum atomic E-state index is 0.375. The van der Waals surface area contributed by atoms with Gasteiger partial charge in [-0.3, -0.25) is 0 Å². The van der Waals surface area contributed by atoms with Gasteiger partial charge in [-0.1, -0.05) is 26.8 Å². The number of nitrogens with zero attached hydrogens (tertiary/aromatic N) is 2. The minimum Gasteiger partial charge on any atom is -0.310 e. The largest absolute Gasteiger partial charge is 0.310 e. The SMILES string of the molecule is CCCNC(C)c1cccnc1SCCN(CC)CC. The molecule has 0 fully saturated rings. The molecule has 1 rings (SSSR count). The van der Waals surface area contributed by atoms with Gasteiger partial charge in [0.1, 0.15) is 5.03 Å². The second-order valence-electron chi connectivity index (χ2n) is 4.95. The first-order valence-electron chi connectivity index (χ1n) is 7.76. The van der Waals surface area contributed by atoms with Gasteiger partial charge in [-0.15, -0.1) is 11.8 Å². The van der Waals surface area contributed by atoms with Crippen molar-refractivity contribution in [1.82, 2.24) is 15.2 Å². The molecular formula is C16H29N3S. The molecule has 0 saturated carbocycles. The first-order valence-corrected chi connectivity index (χ1v) is 8.74.